The lowest BCUT2D eigenvalue weighted by atomic mass is 10.1. The van der Waals surface area contributed by atoms with E-state index in [1.54, 1.807) is 0 Å². The lowest BCUT2D eigenvalue weighted by molar-refractivity contribution is -0.137. The summed E-state index contributed by atoms with van der Waals surface area (Å²) in [6.45, 7) is 1.87. The highest BCUT2D eigenvalue weighted by molar-refractivity contribution is 7.99. The lowest BCUT2D eigenvalue weighted by Crippen LogP contribution is -2.05. The zero-order chi connectivity index (χ0) is 13.8. The normalized spacial score (nSPS) is 12.3. The number of benzene rings is 1. The molecule has 1 atom stereocenters. The van der Waals surface area contributed by atoms with Crippen LogP contribution in [0.2, 0.25) is 0 Å². The molecule has 1 aromatic heterocycles. The van der Waals surface area contributed by atoms with Crippen molar-refractivity contribution >= 4 is 17.7 Å². The maximum atomic E-state index is 11.0. The summed E-state index contributed by atoms with van der Waals surface area (Å²) >= 11 is 1.43. The van der Waals surface area contributed by atoms with Crippen molar-refractivity contribution in [3.05, 3.63) is 41.7 Å². The maximum absolute atomic E-state index is 11.0. The van der Waals surface area contributed by atoms with E-state index in [-0.39, 0.29) is 11.7 Å². The predicted molar refractivity (Wildman–Crippen MR) is 73.0 cm³/mol. The van der Waals surface area contributed by atoms with Gasteiger partial charge in [0.15, 0.2) is 5.16 Å². The first-order valence-electron chi connectivity index (χ1n) is 5.87. The zero-order valence-electron chi connectivity index (χ0n) is 10.8. The fourth-order valence-corrected chi connectivity index (χ4v) is 2.82. The number of aromatic nitrogens is 3. The van der Waals surface area contributed by atoms with Crippen molar-refractivity contribution in [3.63, 3.8) is 0 Å². The van der Waals surface area contributed by atoms with Crippen LogP contribution in [0.15, 0.2) is 35.5 Å². The molecule has 6 heteroatoms. The van der Waals surface area contributed by atoms with E-state index in [4.69, 9.17) is 5.11 Å². The largest absolute Gasteiger partial charge is 0.481 e. The molecule has 0 aliphatic heterocycles. The van der Waals surface area contributed by atoms with Crippen LogP contribution in [0, 0.1) is 6.92 Å². The van der Waals surface area contributed by atoms with Crippen molar-refractivity contribution in [2.24, 2.45) is 7.05 Å². The molecule has 0 amide bonds. The Balaban J connectivity index is 2.24. The molecule has 2 aromatic rings. The van der Waals surface area contributed by atoms with Gasteiger partial charge in [0.05, 0.1) is 6.42 Å². The summed E-state index contributed by atoms with van der Waals surface area (Å²) in [6.07, 6.45) is 0.0561. The van der Waals surface area contributed by atoms with E-state index in [2.05, 4.69) is 10.2 Å². The number of hydrogen-bond acceptors (Lipinski definition) is 4. The molecule has 0 aliphatic rings. The Morgan fingerprint density at radius 1 is 1.37 bits per heavy atom. The molecule has 2 rings (SSSR count). The Morgan fingerprint density at radius 2 is 2.05 bits per heavy atom. The molecule has 0 saturated carbocycles. The highest BCUT2D eigenvalue weighted by Crippen LogP contribution is 2.36. The second-order valence-electron chi connectivity index (χ2n) is 4.20. The highest BCUT2D eigenvalue weighted by atomic mass is 32.2. The van der Waals surface area contributed by atoms with Gasteiger partial charge in [0.1, 0.15) is 5.82 Å². The van der Waals surface area contributed by atoms with Gasteiger partial charge in [0, 0.05) is 12.3 Å². The van der Waals surface area contributed by atoms with Crippen LogP contribution in [0.5, 0.6) is 0 Å². The fraction of sp³-hybridized carbons (Fsp3) is 0.308. The molecule has 0 saturated heterocycles. The SMILES string of the molecule is Cc1nnc(SC(CC(=O)O)c2ccccc2)n1C. The number of carbonyl (C=O) groups is 1. The average Bonchev–Trinajstić information content (AvgIpc) is 2.70. The minimum absolute atomic E-state index is 0.0561. The Labute approximate surface area is 115 Å². The van der Waals surface area contributed by atoms with Crippen LogP contribution in [0.3, 0.4) is 0 Å². The molecule has 100 valence electrons. The van der Waals surface area contributed by atoms with Crippen LogP contribution in [0.25, 0.3) is 0 Å². The van der Waals surface area contributed by atoms with Crippen LogP contribution < -0.4 is 0 Å². The summed E-state index contributed by atoms with van der Waals surface area (Å²) in [7, 11) is 1.88. The molecule has 19 heavy (non-hydrogen) atoms. The third-order valence-corrected chi connectivity index (χ3v) is 4.12. The van der Waals surface area contributed by atoms with Crippen LogP contribution in [-0.4, -0.2) is 25.8 Å². The molecule has 1 N–H and O–H groups in total. The molecule has 1 aromatic carbocycles. The molecular weight excluding hydrogens is 262 g/mol. The quantitative estimate of drug-likeness (QED) is 0.850. The van der Waals surface area contributed by atoms with Gasteiger partial charge in [0.25, 0.3) is 0 Å². The number of thioether (sulfide) groups is 1. The third-order valence-electron chi connectivity index (χ3n) is 2.83. The number of hydrogen-bond donors (Lipinski definition) is 1. The molecule has 0 spiro atoms. The third kappa shape index (κ3) is 3.35. The fourth-order valence-electron chi connectivity index (χ4n) is 1.67. The Hall–Kier alpha value is -1.82. The Morgan fingerprint density at radius 3 is 2.58 bits per heavy atom. The maximum Gasteiger partial charge on any atom is 0.304 e. The summed E-state index contributed by atoms with van der Waals surface area (Å²) in [6, 6.07) is 9.60. The van der Waals surface area contributed by atoms with Gasteiger partial charge in [-0.15, -0.1) is 10.2 Å². The van der Waals surface area contributed by atoms with Gasteiger partial charge >= 0.3 is 5.97 Å². The van der Waals surface area contributed by atoms with E-state index in [0.29, 0.717) is 0 Å². The van der Waals surface area contributed by atoms with Crippen molar-refractivity contribution in [3.8, 4) is 0 Å². The van der Waals surface area contributed by atoms with Gasteiger partial charge in [-0.2, -0.15) is 0 Å². The summed E-state index contributed by atoms with van der Waals surface area (Å²) < 4.78 is 1.86. The number of aryl methyl sites for hydroxylation is 1. The molecule has 5 nitrogen and oxygen atoms in total. The first kappa shape index (κ1) is 13.6. The molecule has 0 radical (unpaired) electrons. The predicted octanol–water partition coefficient (Wildman–Crippen LogP) is 2.43. The summed E-state index contributed by atoms with van der Waals surface area (Å²) in [4.78, 5) is 11.0. The molecule has 1 unspecified atom stereocenters. The first-order chi connectivity index (χ1) is 9.08. The smallest absolute Gasteiger partial charge is 0.304 e. The summed E-state index contributed by atoms with van der Waals surface area (Å²) in [5.74, 6) is -0.00937. The molecule has 1 heterocycles. The summed E-state index contributed by atoms with van der Waals surface area (Å²) in [5, 5.41) is 17.7. The van der Waals surface area contributed by atoms with Crippen molar-refractivity contribution in [1.29, 1.82) is 0 Å². The molecular formula is C13H15N3O2S. The number of carboxylic acid groups (broad SMARTS) is 1. The van der Waals surface area contributed by atoms with Gasteiger partial charge in [-0.3, -0.25) is 4.79 Å². The van der Waals surface area contributed by atoms with E-state index in [1.165, 1.54) is 11.8 Å². The van der Waals surface area contributed by atoms with Crippen LogP contribution >= 0.6 is 11.8 Å². The van der Waals surface area contributed by atoms with Gasteiger partial charge in [-0.1, -0.05) is 42.1 Å². The van der Waals surface area contributed by atoms with E-state index in [0.717, 1.165) is 16.5 Å². The minimum atomic E-state index is -0.819. The van der Waals surface area contributed by atoms with Crippen molar-refractivity contribution < 1.29 is 9.90 Å². The van der Waals surface area contributed by atoms with E-state index >= 15 is 0 Å². The van der Waals surface area contributed by atoms with E-state index < -0.39 is 5.97 Å². The molecule has 0 aliphatic carbocycles. The molecule has 0 bridgehead atoms. The second kappa shape index (κ2) is 5.88. The monoisotopic (exact) mass is 277 g/mol. The van der Waals surface area contributed by atoms with Gasteiger partial charge in [0.2, 0.25) is 0 Å². The Bertz CT molecular complexity index is 569. The van der Waals surface area contributed by atoms with E-state index in [9.17, 15) is 4.79 Å². The highest BCUT2D eigenvalue weighted by Gasteiger charge is 2.19. The number of aliphatic carboxylic acids is 1. The van der Waals surface area contributed by atoms with Gasteiger partial charge in [-0.05, 0) is 12.5 Å². The van der Waals surface area contributed by atoms with Gasteiger partial charge < -0.3 is 9.67 Å². The van der Waals surface area contributed by atoms with Crippen LogP contribution in [0.1, 0.15) is 23.1 Å². The number of rotatable bonds is 5. The van der Waals surface area contributed by atoms with E-state index in [1.807, 2.05) is 48.9 Å². The first-order valence-corrected chi connectivity index (χ1v) is 6.75. The summed E-state index contributed by atoms with van der Waals surface area (Å²) in [5.41, 5.74) is 0.982. The molecule has 0 fully saturated rings. The minimum Gasteiger partial charge on any atom is -0.481 e. The lowest BCUT2D eigenvalue weighted by Gasteiger charge is -2.14. The van der Waals surface area contributed by atoms with Crippen molar-refractivity contribution in [2.75, 3.05) is 0 Å². The average molecular weight is 277 g/mol. The van der Waals surface area contributed by atoms with Crippen molar-refractivity contribution in [1.82, 2.24) is 14.8 Å². The second-order valence-corrected chi connectivity index (χ2v) is 5.37. The zero-order valence-corrected chi connectivity index (χ0v) is 11.6. The Kier molecular flexibility index (Phi) is 4.21. The topological polar surface area (TPSA) is 68.0 Å². The standard InChI is InChI=1S/C13H15N3O2S/c1-9-14-15-13(16(9)2)19-11(8-12(17)18)10-6-4-3-5-7-10/h3-7,11H,8H2,1-2H3,(H,17,18). The van der Waals surface area contributed by atoms with Gasteiger partial charge in [-0.25, -0.2) is 0 Å². The van der Waals surface area contributed by atoms with Crippen LogP contribution in [0.4, 0.5) is 0 Å². The van der Waals surface area contributed by atoms with Crippen LogP contribution in [-0.2, 0) is 11.8 Å². The number of carboxylic acids is 1. The number of nitrogens with zero attached hydrogens (tertiary/aromatic N) is 3. The van der Waals surface area contributed by atoms with Crippen molar-refractivity contribution in [2.45, 2.75) is 23.8 Å².